The van der Waals surface area contributed by atoms with Crippen LogP contribution in [0.25, 0.3) is 22.4 Å². The summed E-state index contributed by atoms with van der Waals surface area (Å²) in [6, 6.07) is 18.4. The van der Waals surface area contributed by atoms with Crippen molar-refractivity contribution in [3.63, 3.8) is 0 Å². The van der Waals surface area contributed by atoms with Crippen LogP contribution in [0.3, 0.4) is 0 Å². The van der Waals surface area contributed by atoms with E-state index in [1.807, 2.05) is 43.3 Å². The first kappa shape index (κ1) is 17.3. The van der Waals surface area contributed by atoms with E-state index < -0.39 is 0 Å². The SMILES string of the molecule is Cc1ccc(-c2cc(C(=O)Nc3ccc4c(c3)OCCO4)c3ccccc3n2)o1. The summed E-state index contributed by atoms with van der Waals surface area (Å²) in [5.41, 5.74) is 2.50. The van der Waals surface area contributed by atoms with Crippen LogP contribution < -0.4 is 14.8 Å². The fourth-order valence-corrected chi connectivity index (χ4v) is 3.38. The number of pyridine rings is 1. The highest BCUT2D eigenvalue weighted by atomic mass is 16.6. The van der Waals surface area contributed by atoms with Crippen LogP contribution in [0, 0.1) is 6.92 Å². The first-order chi connectivity index (χ1) is 14.2. The van der Waals surface area contributed by atoms with Crippen molar-refractivity contribution in [2.75, 3.05) is 18.5 Å². The van der Waals surface area contributed by atoms with Gasteiger partial charge in [0.1, 0.15) is 24.7 Å². The standard InChI is InChI=1S/C23H18N2O4/c1-14-6-8-20(29-14)19-13-17(16-4-2-3-5-18(16)25-19)23(26)24-15-7-9-21-22(12-15)28-11-10-27-21/h2-9,12-13H,10-11H2,1H3,(H,24,26). The van der Waals surface area contributed by atoms with Gasteiger partial charge in [0, 0.05) is 17.1 Å². The molecule has 2 aromatic heterocycles. The van der Waals surface area contributed by atoms with Crippen LogP contribution in [-0.4, -0.2) is 24.1 Å². The van der Waals surface area contributed by atoms with Gasteiger partial charge in [-0.25, -0.2) is 4.98 Å². The number of furan rings is 1. The quantitative estimate of drug-likeness (QED) is 0.546. The van der Waals surface area contributed by atoms with E-state index in [2.05, 4.69) is 10.3 Å². The van der Waals surface area contributed by atoms with Gasteiger partial charge in [0.15, 0.2) is 17.3 Å². The normalized spacial score (nSPS) is 12.7. The molecule has 2 aromatic carbocycles. The van der Waals surface area contributed by atoms with Gasteiger partial charge in [-0.1, -0.05) is 18.2 Å². The van der Waals surface area contributed by atoms with Gasteiger partial charge >= 0.3 is 0 Å². The number of nitrogens with one attached hydrogen (secondary N) is 1. The molecule has 0 aliphatic carbocycles. The largest absolute Gasteiger partial charge is 0.486 e. The van der Waals surface area contributed by atoms with E-state index >= 15 is 0 Å². The van der Waals surface area contributed by atoms with Gasteiger partial charge in [0.2, 0.25) is 0 Å². The summed E-state index contributed by atoms with van der Waals surface area (Å²) in [6.07, 6.45) is 0. The lowest BCUT2D eigenvalue weighted by atomic mass is 10.1. The van der Waals surface area contributed by atoms with Crippen LogP contribution in [0.5, 0.6) is 11.5 Å². The zero-order valence-electron chi connectivity index (χ0n) is 15.8. The Bertz CT molecular complexity index is 1230. The molecule has 3 heterocycles. The molecule has 0 unspecified atom stereocenters. The third kappa shape index (κ3) is 3.29. The lowest BCUT2D eigenvalue weighted by Crippen LogP contribution is -2.16. The number of nitrogens with zero attached hydrogens (tertiary/aromatic N) is 1. The van der Waals surface area contributed by atoms with Gasteiger partial charge in [-0.2, -0.15) is 0 Å². The second-order valence-electron chi connectivity index (χ2n) is 6.80. The number of aromatic nitrogens is 1. The zero-order valence-corrected chi connectivity index (χ0v) is 15.8. The second-order valence-corrected chi connectivity index (χ2v) is 6.80. The van der Waals surface area contributed by atoms with Crippen molar-refractivity contribution >= 4 is 22.5 Å². The molecule has 1 N–H and O–H groups in total. The van der Waals surface area contributed by atoms with Crippen molar-refractivity contribution in [2.45, 2.75) is 6.92 Å². The monoisotopic (exact) mass is 386 g/mol. The van der Waals surface area contributed by atoms with Crippen LogP contribution in [0.15, 0.2) is 65.1 Å². The molecule has 5 rings (SSSR count). The summed E-state index contributed by atoms with van der Waals surface area (Å²) in [5.74, 6) is 2.49. The molecule has 1 aliphatic heterocycles. The van der Waals surface area contributed by atoms with Crippen molar-refractivity contribution in [2.24, 2.45) is 0 Å². The molecule has 0 saturated heterocycles. The minimum Gasteiger partial charge on any atom is -0.486 e. The molecule has 6 heteroatoms. The Labute approximate surface area is 167 Å². The molecule has 0 bridgehead atoms. The van der Waals surface area contributed by atoms with E-state index in [4.69, 9.17) is 13.9 Å². The van der Waals surface area contributed by atoms with Crippen molar-refractivity contribution in [3.8, 4) is 23.0 Å². The number of fused-ring (bicyclic) bond motifs is 2. The van der Waals surface area contributed by atoms with Crippen LogP contribution in [0.4, 0.5) is 5.69 Å². The summed E-state index contributed by atoms with van der Waals surface area (Å²) in [4.78, 5) is 17.8. The van der Waals surface area contributed by atoms with Crippen LogP contribution >= 0.6 is 0 Å². The molecule has 6 nitrogen and oxygen atoms in total. The predicted molar refractivity (Wildman–Crippen MR) is 110 cm³/mol. The molecule has 0 spiro atoms. The first-order valence-electron chi connectivity index (χ1n) is 9.35. The minimum atomic E-state index is -0.232. The summed E-state index contributed by atoms with van der Waals surface area (Å²) >= 11 is 0. The van der Waals surface area contributed by atoms with E-state index in [-0.39, 0.29) is 5.91 Å². The molecule has 29 heavy (non-hydrogen) atoms. The maximum absolute atomic E-state index is 13.1. The molecule has 0 radical (unpaired) electrons. The van der Waals surface area contributed by atoms with Crippen molar-refractivity contribution in [1.29, 1.82) is 0 Å². The summed E-state index contributed by atoms with van der Waals surface area (Å²) in [5, 5.41) is 3.72. The van der Waals surface area contributed by atoms with Gasteiger partial charge in [-0.15, -0.1) is 0 Å². The number of para-hydroxylation sites is 1. The van der Waals surface area contributed by atoms with E-state index in [1.54, 1.807) is 24.3 Å². The van der Waals surface area contributed by atoms with Gasteiger partial charge in [0.25, 0.3) is 5.91 Å². The van der Waals surface area contributed by atoms with Crippen molar-refractivity contribution in [3.05, 3.63) is 72.0 Å². The third-order valence-corrected chi connectivity index (χ3v) is 4.75. The Morgan fingerprint density at radius 2 is 1.79 bits per heavy atom. The molecule has 1 amide bonds. The van der Waals surface area contributed by atoms with Gasteiger partial charge in [-0.05, 0) is 43.3 Å². The number of rotatable bonds is 3. The molecule has 0 saturated carbocycles. The Kier molecular flexibility index (Phi) is 4.17. The number of hydrogen-bond acceptors (Lipinski definition) is 5. The lowest BCUT2D eigenvalue weighted by molar-refractivity contribution is 0.102. The van der Waals surface area contributed by atoms with Crippen molar-refractivity contribution < 1.29 is 18.7 Å². The molecule has 0 fully saturated rings. The summed E-state index contributed by atoms with van der Waals surface area (Å²) in [6.45, 7) is 2.89. The Morgan fingerprint density at radius 1 is 0.966 bits per heavy atom. The molecule has 1 aliphatic rings. The third-order valence-electron chi connectivity index (χ3n) is 4.75. The lowest BCUT2D eigenvalue weighted by Gasteiger charge is -2.19. The molecule has 0 atom stereocenters. The fraction of sp³-hybridized carbons (Fsp3) is 0.130. The Morgan fingerprint density at radius 3 is 2.62 bits per heavy atom. The summed E-state index contributed by atoms with van der Waals surface area (Å²) < 4.78 is 16.8. The fourth-order valence-electron chi connectivity index (χ4n) is 3.38. The molecule has 144 valence electrons. The molecule has 4 aromatic rings. The van der Waals surface area contributed by atoms with Gasteiger partial charge in [0.05, 0.1) is 11.1 Å². The van der Waals surface area contributed by atoms with Crippen LogP contribution in [-0.2, 0) is 0 Å². The topological polar surface area (TPSA) is 73.6 Å². The van der Waals surface area contributed by atoms with Crippen LogP contribution in [0.2, 0.25) is 0 Å². The van der Waals surface area contributed by atoms with Gasteiger partial charge in [-0.3, -0.25) is 4.79 Å². The smallest absolute Gasteiger partial charge is 0.256 e. The highest BCUT2D eigenvalue weighted by Gasteiger charge is 2.17. The zero-order chi connectivity index (χ0) is 19.8. The van der Waals surface area contributed by atoms with E-state index in [1.165, 1.54) is 0 Å². The molecular weight excluding hydrogens is 368 g/mol. The average molecular weight is 386 g/mol. The maximum atomic E-state index is 13.1. The second kappa shape index (κ2) is 6.98. The molecular formula is C23H18N2O4. The number of amides is 1. The highest BCUT2D eigenvalue weighted by Crippen LogP contribution is 2.33. The number of benzene rings is 2. The minimum absolute atomic E-state index is 0.232. The average Bonchev–Trinajstić information content (AvgIpc) is 3.19. The Balaban J connectivity index is 1.54. The first-order valence-corrected chi connectivity index (χ1v) is 9.35. The number of carbonyl (C=O) groups excluding carboxylic acids is 1. The van der Waals surface area contributed by atoms with Gasteiger partial charge < -0.3 is 19.2 Å². The predicted octanol–water partition coefficient (Wildman–Crippen LogP) is 4.83. The van der Waals surface area contributed by atoms with E-state index in [0.717, 1.165) is 16.7 Å². The number of carbonyl (C=O) groups is 1. The highest BCUT2D eigenvalue weighted by molar-refractivity contribution is 6.13. The maximum Gasteiger partial charge on any atom is 0.256 e. The number of anilines is 1. The number of aryl methyl sites for hydroxylation is 1. The van der Waals surface area contributed by atoms with Crippen molar-refractivity contribution in [1.82, 2.24) is 4.98 Å². The van der Waals surface area contributed by atoms with Crippen LogP contribution in [0.1, 0.15) is 16.1 Å². The Hall–Kier alpha value is -3.80. The number of ether oxygens (including phenoxy) is 2. The number of hydrogen-bond donors (Lipinski definition) is 1. The van der Waals surface area contributed by atoms with E-state index in [0.29, 0.717) is 47.4 Å². The summed E-state index contributed by atoms with van der Waals surface area (Å²) in [7, 11) is 0. The van der Waals surface area contributed by atoms with E-state index in [9.17, 15) is 4.79 Å².